The summed E-state index contributed by atoms with van der Waals surface area (Å²) in [4.78, 5) is 8.77. The molecule has 0 bridgehead atoms. The number of pyridine rings is 1. The monoisotopic (exact) mass is 335 g/mol. The number of benzene rings is 1. The smallest absolute Gasteiger partial charge is 0.189 e. The summed E-state index contributed by atoms with van der Waals surface area (Å²) in [6.45, 7) is 0. The largest absolute Gasteiger partial charge is 0.497 e. The highest BCUT2D eigenvalue weighted by Crippen LogP contribution is 2.30. The van der Waals surface area contributed by atoms with Crippen molar-refractivity contribution in [1.29, 1.82) is 0 Å². The van der Waals surface area contributed by atoms with Gasteiger partial charge in [0.1, 0.15) is 11.6 Å². The molecule has 0 aliphatic rings. The van der Waals surface area contributed by atoms with Crippen molar-refractivity contribution < 1.29 is 4.74 Å². The number of hydrogen-bond acceptors (Lipinski definition) is 5. The third-order valence-electron chi connectivity index (χ3n) is 2.56. The van der Waals surface area contributed by atoms with Crippen LogP contribution in [0.4, 0.5) is 10.9 Å². The summed E-state index contributed by atoms with van der Waals surface area (Å²) in [7, 11) is 1.66. The van der Waals surface area contributed by atoms with Gasteiger partial charge in [-0.25, -0.2) is 9.97 Å². The summed E-state index contributed by atoms with van der Waals surface area (Å²) in [6, 6.07) is 9.67. The predicted molar refractivity (Wildman–Crippen MR) is 81.4 cm³/mol. The lowest BCUT2D eigenvalue weighted by Gasteiger charge is -2.00. The Morgan fingerprint density at radius 3 is 2.89 bits per heavy atom. The van der Waals surface area contributed by atoms with Crippen LogP contribution in [0.15, 0.2) is 41.0 Å². The Hall–Kier alpha value is -1.66. The van der Waals surface area contributed by atoms with Crippen LogP contribution in [0.3, 0.4) is 0 Å². The average Bonchev–Trinajstić information content (AvgIpc) is 2.82. The molecule has 3 aromatic rings. The Bertz CT molecular complexity index is 711. The number of rotatable bonds is 3. The molecular weight excluding hydrogens is 326 g/mol. The Kier molecular flexibility index (Phi) is 3.35. The Labute approximate surface area is 122 Å². The second kappa shape index (κ2) is 5.14. The first kappa shape index (κ1) is 12.4. The van der Waals surface area contributed by atoms with Crippen molar-refractivity contribution in [3.63, 3.8) is 0 Å². The van der Waals surface area contributed by atoms with Crippen LogP contribution in [0, 0.1) is 0 Å². The molecular formula is C13H10BrN3OS. The van der Waals surface area contributed by atoms with Gasteiger partial charge in [0.25, 0.3) is 0 Å². The first-order valence-electron chi connectivity index (χ1n) is 5.58. The van der Waals surface area contributed by atoms with E-state index in [1.807, 2.05) is 30.3 Å². The molecule has 0 saturated carbocycles. The van der Waals surface area contributed by atoms with Gasteiger partial charge in [-0.05, 0) is 46.3 Å². The molecule has 0 fully saturated rings. The van der Waals surface area contributed by atoms with E-state index in [1.165, 1.54) is 0 Å². The second-order valence-electron chi connectivity index (χ2n) is 3.84. The number of nitrogens with one attached hydrogen (secondary N) is 1. The van der Waals surface area contributed by atoms with Crippen molar-refractivity contribution in [1.82, 2.24) is 9.97 Å². The molecule has 19 heavy (non-hydrogen) atoms. The maximum Gasteiger partial charge on any atom is 0.189 e. The van der Waals surface area contributed by atoms with Gasteiger partial charge in [-0.15, -0.1) is 0 Å². The van der Waals surface area contributed by atoms with E-state index >= 15 is 0 Å². The van der Waals surface area contributed by atoms with E-state index in [-0.39, 0.29) is 0 Å². The van der Waals surface area contributed by atoms with Crippen LogP contribution in [0.2, 0.25) is 0 Å². The number of hydrogen-bond donors (Lipinski definition) is 1. The molecule has 6 heteroatoms. The van der Waals surface area contributed by atoms with E-state index < -0.39 is 0 Å². The summed E-state index contributed by atoms with van der Waals surface area (Å²) in [5, 5.41) is 4.01. The first-order valence-corrected chi connectivity index (χ1v) is 7.19. The molecule has 2 heterocycles. The molecule has 96 valence electrons. The summed E-state index contributed by atoms with van der Waals surface area (Å²) in [6.07, 6.45) is 1.75. The SMILES string of the molecule is COc1ccc2nc(Nc3ccc(Br)cn3)sc2c1. The maximum atomic E-state index is 5.20. The van der Waals surface area contributed by atoms with Gasteiger partial charge in [0.2, 0.25) is 0 Å². The lowest BCUT2D eigenvalue weighted by atomic mass is 10.3. The van der Waals surface area contributed by atoms with E-state index in [1.54, 1.807) is 24.6 Å². The number of anilines is 2. The number of aromatic nitrogens is 2. The van der Waals surface area contributed by atoms with Crippen molar-refractivity contribution in [2.75, 3.05) is 12.4 Å². The Morgan fingerprint density at radius 1 is 1.26 bits per heavy atom. The van der Waals surface area contributed by atoms with E-state index in [0.717, 1.165) is 31.4 Å². The van der Waals surface area contributed by atoms with Gasteiger partial charge in [-0.1, -0.05) is 11.3 Å². The number of nitrogens with zero attached hydrogens (tertiary/aromatic N) is 2. The minimum Gasteiger partial charge on any atom is -0.497 e. The minimum atomic E-state index is 0.772. The highest BCUT2D eigenvalue weighted by atomic mass is 79.9. The summed E-state index contributed by atoms with van der Waals surface area (Å²) in [5.41, 5.74) is 0.949. The van der Waals surface area contributed by atoms with Gasteiger partial charge >= 0.3 is 0 Å². The molecule has 0 amide bonds. The summed E-state index contributed by atoms with van der Waals surface area (Å²) in [5.74, 6) is 1.61. The van der Waals surface area contributed by atoms with Gasteiger partial charge in [0, 0.05) is 10.7 Å². The fourth-order valence-corrected chi connectivity index (χ4v) is 2.78. The van der Waals surface area contributed by atoms with E-state index in [9.17, 15) is 0 Å². The lowest BCUT2D eigenvalue weighted by Crippen LogP contribution is -1.91. The molecule has 2 aromatic heterocycles. The minimum absolute atomic E-state index is 0.772. The van der Waals surface area contributed by atoms with Crippen molar-refractivity contribution in [3.8, 4) is 5.75 Å². The molecule has 0 unspecified atom stereocenters. The van der Waals surface area contributed by atoms with Gasteiger partial charge < -0.3 is 10.1 Å². The topological polar surface area (TPSA) is 47.0 Å². The fraction of sp³-hybridized carbons (Fsp3) is 0.0769. The second-order valence-corrected chi connectivity index (χ2v) is 5.79. The number of fused-ring (bicyclic) bond motifs is 1. The fourth-order valence-electron chi connectivity index (χ4n) is 1.64. The molecule has 0 aliphatic heterocycles. The Balaban J connectivity index is 1.90. The molecule has 0 aliphatic carbocycles. The number of ether oxygens (including phenoxy) is 1. The summed E-state index contributed by atoms with van der Waals surface area (Å²) >= 11 is 4.93. The normalized spacial score (nSPS) is 10.6. The van der Waals surface area contributed by atoms with Crippen LogP contribution in [0.1, 0.15) is 0 Å². The third-order valence-corrected chi connectivity index (χ3v) is 3.96. The van der Waals surface area contributed by atoms with Gasteiger partial charge in [0.05, 0.1) is 17.3 Å². The van der Waals surface area contributed by atoms with Gasteiger partial charge in [0.15, 0.2) is 5.13 Å². The third kappa shape index (κ3) is 2.69. The number of thiazole rings is 1. The maximum absolute atomic E-state index is 5.20. The molecule has 1 N–H and O–H groups in total. The van der Waals surface area contributed by atoms with Crippen LogP contribution < -0.4 is 10.1 Å². The average molecular weight is 336 g/mol. The van der Waals surface area contributed by atoms with Gasteiger partial charge in [-0.2, -0.15) is 0 Å². The zero-order chi connectivity index (χ0) is 13.2. The number of methoxy groups -OCH3 is 1. The van der Waals surface area contributed by atoms with Crippen molar-refractivity contribution in [3.05, 3.63) is 41.0 Å². The van der Waals surface area contributed by atoms with Crippen LogP contribution in [0.5, 0.6) is 5.75 Å². The zero-order valence-corrected chi connectivity index (χ0v) is 12.5. The first-order chi connectivity index (χ1) is 9.24. The van der Waals surface area contributed by atoms with Crippen LogP contribution in [-0.2, 0) is 0 Å². The zero-order valence-electron chi connectivity index (χ0n) is 10.1. The molecule has 1 aromatic carbocycles. The van der Waals surface area contributed by atoms with Crippen LogP contribution in [-0.4, -0.2) is 17.1 Å². The molecule has 0 atom stereocenters. The standard InChI is InChI=1S/C13H10BrN3OS/c1-18-9-3-4-10-11(6-9)19-13(16-10)17-12-5-2-8(14)7-15-12/h2-7H,1H3,(H,15,16,17). The van der Waals surface area contributed by atoms with Crippen LogP contribution >= 0.6 is 27.3 Å². The van der Waals surface area contributed by atoms with Crippen molar-refractivity contribution in [2.45, 2.75) is 0 Å². The lowest BCUT2D eigenvalue weighted by molar-refractivity contribution is 0.415. The Morgan fingerprint density at radius 2 is 2.16 bits per heavy atom. The van der Waals surface area contributed by atoms with E-state index in [4.69, 9.17) is 4.74 Å². The molecule has 0 radical (unpaired) electrons. The molecule has 0 spiro atoms. The molecule has 4 nitrogen and oxygen atoms in total. The van der Waals surface area contributed by atoms with E-state index in [2.05, 4.69) is 31.2 Å². The summed E-state index contributed by atoms with van der Waals surface area (Å²) < 4.78 is 7.24. The van der Waals surface area contributed by atoms with E-state index in [0.29, 0.717) is 0 Å². The predicted octanol–water partition coefficient (Wildman–Crippen LogP) is 4.21. The highest BCUT2D eigenvalue weighted by molar-refractivity contribution is 9.10. The highest BCUT2D eigenvalue weighted by Gasteiger charge is 2.05. The van der Waals surface area contributed by atoms with Gasteiger partial charge in [-0.3, -0.25) is 0 Å². The van der Waals surface area contributed by atoms with Crippen LogP contribution in [0.25, 0.3) is 10.2 Å². The quantitative estimate of drug-likeness (QED) is 0.778. The molecule has 3 rings (SSSR count). The molecule has 0 saturated heterocycles. The van der Waals surface area contributed by atoms with Crippen molar-refractivity contribution >= 4 is 48.4 Å². The number of halogens is 1. The van der Waals surface area contributed by atoms with Crippen molar-refractivity contribution in [2.24, 2.45) is 0 Å².